The number of rotatable bonds is 3. The summed E-state index contributed by atoms with van der Waals surface area (Å²) in [6, 6.07) is 0. The third kappa shape index (κ3) is 2.29. The predicted octanol–water partition coefficient (Wildman–Crippen LogP) is 0.221. The largest absolute Gasteiger partial charge is 0.481 e. The highest BCUT2D eigenvalue weighted by atomic mass is 32.2. The lowest BCUT2D eigenvalue weighted by molar-refractivity contribution is -0.148. The summed E-state index contributed by atoms with van der Waals surface area (Å²) >= 11 is 1.28. The highest BCUT2D eigenvalue weighted by Crippen LogP contribution is 2.52. The van der Waals surface area contributed by atoms with Crippen molar-refractivity contribution in [3.05, 3.63) is 22.2 Å². The summed E-state index contributed by atoms with van der Waals surface area (Å²) in [6.45, 7) is 3.07. The fourth-order valence-electron chi connectivity index (χ4n) is 2.30. The molecule has 7 nitrogen and oxygen atoms in total. The number of nitrogens with two attached hydrogens (primary N) is 1. The van der Waals surface area contributed by atoms with Crippen LogP contribution in [0, 0.1) is 12.3 Å². The molecule has 1 saturated heterocycles. The van der Waals surface area contributed by atoms with Crippen molar-refractivity contribution in [3.8, 4) is 0 Å². The van der Waals surface area contributed by atoms with E-state index in [4.69, 9.17) is 5.73 Å². The maximum Gasteiger partial charge on any atom is 0.350 e. The molecule has 8 heteroatoms. The Hall–Kier alpha value is -1.54. The van der Waals surface area contributed by atoms with Crippen LogP contribution in [0.2, 0.25) is 0 Å². The third-order valence-electron chi connectivity index (χ3n) is 3.77. The fourth-order valence-corrected chi connectivity index (χ4v) is 3.99. The summed E-state index contributed by atoms with van der Waals surface area (Å²) in [7, 11) is 0. The SMILES string of the molecule is Cc1cn(C2CC(C)(C(=O)O)C(CO)S2)c(=O)nc1N. The first-order valence-corrected chi connectivity index (χ1v) is 7.09. The first-order chi connectivity index (χ1) is 9.29. The molecule has 1 fully saturated rings. The van der Waals surface area contributed by atoms with Crippen molar-refractivity contribution in [1.29, 1.82) is 0 Å². The summed E-state index contributed by atoms with van der Waals surface area (Å²) in [5.41, 5.74) is 4.67. The number of thioether (sulfide) groups is 1. The molecule has 0 bridgehead atoms. The molecule has 0 saturated carbocycles. The van der Waals surface area contributed by atoms with Gasteiger partial charge in [0, 0.05) is 17.0 Å². The molecule has 3 unspecified atom stereocenters. The van der Waals surface area contributed by atoms with Crippen molar-refractivity contribution >= 4 is 23.5 Å². The summed E-state index contributed by atoms with van der Waals surface area (Å²) in [4.78, 5) is 27.1. The van der Waals surface area contributed by atoms with Crippen LogP contribution in [0.4, 0.5) is 5.82 Å². The smallest absolute Gasteiger partial charge is 0.350 e. The Bertz CT molecular complexity index is 603. The molecule has 0 aliphatic carbocycles. The zero-order valence-electron chi connectivity index (χ0n) is 11.2. The van der Waals surface area contributed by atoms with E-state index in [2.05, 4.69) is 4.98 Å². The predicted molar refractivity (Wildman–Crippen MR) is 75.5 cm³/mol. The number of anilines is 1. The monoisotopic (exact) mass is 299 g/mol. The Labute approximate surface area is 119 Å². The minimum Gasteiger partial charge on any atom is -0.481 e. The van der Waals surface area contributed by atoms with Gasteiger partial charge in [-0.3, -0.25) is 9.36 Å². The number of aliphatic hydroxyl groups is 1. The minimum atomic E-state index is -1.07. The molecule has 20 heavy (non-hydrogen) atoms. The second kappa shape index (κ2) is 5.10. The molecule has 0 spiro atoms. The van der Waals surface area contributed by atoms with E-state index in [9.17, 15) is 19.8 Å². The van der Waals surface area contributed by atoms with Gasteiger partial charge in [0.15, 0.2) is 0 Å². The van der Waals surface area contributed by atoms with Gasteiger partial charge in [0.25, 0.3) is 0 Å². The number of aliphatic hydroxyl groups excluding tert-OH is 1. The Morgan fingerprint density at radius 1 is 1.70 bits per heavy atom. The summed E-state index contributed by atoms with van der Waals surface area (Å²) in [5.74, 6) is -0.798. The van der Waals surface area contributed by atoms with Gasteiger partial charge in [-0.05, 0) is 20.3 Å². The van der Waals surface area contributed by atoms with Crippen LogP contribution in [0.3, 0.4) is 0 Å². The van der Waals surface area contributed by atoms with Crippen LogP contribution in [-0.4, -0.2) is 37.6 Å². The van der Waals surface area contributed by atoms with Crippen LogP contribution in [0.15, 0.2) is 11.0 Å². The second-order valence-electron chi connectivity index (χ2n) is 5.19. The third-order valence-corrected chi connectivity index (χ3v) is 5.47. The topological polar surface area (TPSA) is 118 Å². The quantitative estimate of drug-likeness (QED) is 0.730. The molecule has 3 atom stereocenters. The Kier molecular flexibility index (Phi) is 3.79. The minimum absolute atomic E-state index is 0.175. The van der Waals surface area contributed by atoms with E-state index < -0.39 is 22.3 Å². The number of hydrogen-bond donors (Lipinski definition) is 3. The van der Waals surface area contributed by atoms with Crippen molar-refractivity contribution in [2.24, 2.45) is 5.41 Å². The molecular formula is C12H17N3O4S. The number of nitrogen functional groups attached to an aromatic ring is 1. The van der Waals surface area contributed by atoms with E-state index in [1.807, 2.05) is 0 Å². The van der Waals surface area contributed by atoms with Crippen LogP contribution in [0.25, 0.3) is 0 Å². The standard InChI is InChI=1S/C12H17N3O4S/c1-6-4-15(11(19)14-9(6)13)8-3-12(2,10(17)18)7(5-16)20-8/h4,7-8,16H,3,5H2,1-2H3,(H,17,18)(H2,13,14,19). The molecule has 0 radical (unpaired) electrons. The molecule has 1 aromatic heterocycles. The maximum atomic E-state index is 11.9. The van der Waals surface area contributed by atoms with Gasteiger partial charge in [0.2, 0.25) is 0 Å². The molecule has 1 aliphatic rings. The van der Waals surface area contributed by atoms with Gasteiger partial charge in [-0.2, -0.15) is 4.98 Å². The molecule has 110 valence electrons. The van der Waals surface area contributed by atoms with E-state index in [1.165, 1.54) is 16.3 Å². The van der Waals surface area contributed by atoms with Crippen molar-refractivity contribution in [3.63, 3.8) is 0 Å². The summed E-state index contributed by atoms with van der Waals surface area (Å²) in [5, 5.41) is 17.9. The average Bonchev–Trinajstić information content (AvgIpc) is 2.72. The van der Waals surface area contributed by atoms with E-state index in [-0.39, 0.29) is 24.2 Å². The number of aliphatic carboxylic acids is 1. The highest BCUT2D eigenvalue weighted by Gasteiger charge is 2.50. The molecule has 1 aliphatic heterocycles. The first kappa shape index (κ1) is 14.9. The molecule has 0 amide bonds. The van der Waals surface area contributed by atoms with Crippen molar-refractivity contribution in [1.82, 2.24) is 9.55 Å². The first-order valence-electron chi connectivity index (χ1n) is 6.14. The summed E-state index contributed by atoms with van der Waals surface area (Å²) in [6.07, 6.45) is 1.84. The number of carbonyl (C=O) groups is 1. The fraction of sp³-hybridized carbons (Fsp3) is 0.583. The number of aromatic nitrogens is 2. The lowest BCUT2D eigenvalue weighted by Crippen LogP contribution is -2.36. The van der Waals surface area contributed by atoms with Crippen LogP contribution in [0.1, 0.15) is 24.3 Å². The Morgan fingerprint density at radius 2 is 2.35 bits per heavy atom. The van der Waals surface area contributed by atoms with Gasteiger partial charge in [0.1, 0.15) is 5.82 Å². The van der Waals surface area contributed by atoms with Crippen LogP contribution in [0.5, 0.6) is 0 Å². The van der Waals surface area contributed by atoms with E-state index in [0.717, 1.165) is 0 Å². The summed E-state index contributed by atoms with van der Waals surface area (Å²) < 4.78 is 1.40. The van der Waals surface area contributed by atoms with E-state index in [0.29, 0.717) is 5.56 Å². The van der Waals surface area contributed by atoms with Gasteiger partial charge in [-0.15, -0.1) is 11.8 Å². The normalized spacial score (nSPS) is 29.6. The van der Waals surface area contributed by atoms with E-state index in [1.54, 1.807) is 20.0 Å². The van der Waals surface area contributed by atoms with E-state index >= 15 is 0 Å². The Morgan fingerprint density at radius 3 is 2.85 bits per heavy atom. The lowest BCUT2D eigenvalue weighted by Gasteiger charge is -2.23. The average molecular weight is 299 g/mol. The molecule has 2 rings (SSSR count). The molecule has 0 aromatic carbocycles. The molecule has 2 heterocycles. The number of hydrogen-bond acceptors (Lipinski definition) is 6. The molecule has 4 N–H and O–H groups in total. The second-order valence-corrected chi connectivity index (χ2v) is 6.57. The number of nitrogens with zero attached hydrogens (tertiary/aromatic N) is 2. The molecular weight excluding hydrogens is 282 g/mol. The van der Waals surface area contributed by atoms with Gasteiger partial charge >= 0.3 is 11.7 Å². The molecule has 1 aromatic rings. The van der Waals surface area contributed by atoms with Crippen molar-refractivity contribution in [2.45, 2.75) is 30.9 Å². The van der Waals surface area contributed by atoms with Gasteiger partial charge in [-0.25, -0.2) is 4.79 Å². The lowest BCUT2D eigenvalue weighted by atomic mass is 9.83. The number of aryl methyl sites for hydroxylation is 1. The zero-order chi connectivity index (χ0) is 15.1. The van der Waals surface area contributed by atoms with Crippen molar-refractivity contribution < 1.29 is 15.0 Å². The van der Waals surface area contributed by atoms with Gasteiger partial charge in [-0.1, -0.05) is 0 Å². The zero-order valence-corrected chi connectivity index (χ0v) is 12.1. The van der Waals surface area contributed by atoms with Gasteiger partial charge < -0.3 is 15.9 Å². The van der Waals surface area contributed by atoms with Gasteiger partial charge in [0.05, 0.1) is 17.4 Å². The highest BCUT2D eigenvalue weighted by molar-refractivity contribution is 8.00. The maximum absolute atomic E-state index is 11.9. The number of carboxylic acid groups (broad SMARTS) is 1. The van der Waals surface area contributed by atoms with Crippen molar-refractivity contribution in [2.75, 3.05) is 12.3 Å². The van der Waals surface area contributed by atoms with Crippen LogP contribution >= 0.6 is 11.8 Å². The number of carboxylic acids is 1. The van der Waals surface area contributed by atoms with Crippen LogP contribution in [-0.2, 0) is 4.79 Å². The van der Waals surface area contributed by atoms with Crippen LogP contribution < -0.4 is 11.4 Å². The Balaban J connectivity index is 2.40.